The molecule has 0 radical (unpaired) electrons. The van der Waals surface area contributed by atoms with Gasteiger partial charge in [0.15, 0.2) is 9.84 Å². The Labute approximate surface area is 130 Å². The van der Waals surface area contributed by atoms with Crippen LogP contribution in [-0.4, -0.2) is 49.5 Å². The Hall–Kier alpha value is -1.89. The highest BCUT2D eigenvalue weighted by atomic mass is 32.2. The zero-order valence-electron chi connectivity index (χ0n) is 12.7. The van der Waals surface area contributed by atoms with Gasteiger partial charge >= 0.3 is 0 Å². The molecule has 1 saturated heterocycles. The van der Waals surface area contributed by atoms with Crippen molar-refractivity contribution in [1.29, 1.82) is 0 Å². The maximum absolute atomic E-state index is 12.3. The zero-order chi connectivity index (χ0) is 16.4. The first kappa shape index (κ1) is 16.5. The van der Waals surface area contributed by atoms with Gasteiger partial charge in [-0.15, -0.1) is 0 Å². The normalized spacial score (nSPS) is 17.9. The topological polar surface area (TPSA) is 83.6 Å². The fraction of sp³-hybridized carbons (Fsp3) is 0.467. The largest absolute Gasteiger partial charge is 0.352 e. The lowest BCUT2D eigenvalue weighted by molar-refractivity contribution is -0.148. The molecule has 7 heteroatoms. The van der Waals surface area contributed by atoms with Crippen LogP contribution in [0.25, 0.3) is 0 Å². The van der Waals surface area contributed by atoms with E-state index in [9.17, 15) is 18.0 Å². The first-order chi connectivity index (χ1) is 10.2. The molecule has 22 heavy (non-hydrogen) atoms. The van der Waals surface area contributed by atoms with Crippen LogP contribution in [0.3, 0.4) is 0 Å². The third-order valence-corrected chi connectivity index (χ3v) is 5.57. The quantitative estimate of drug-likeness (QED) is 0.878. The number of carbonyl (C=O) groups excluding carboxylic acids is 2. The molecule has 2 rings (SSSR count). The van der Waals surface area contributed by atoms with Gasteiger partial charge in [-0.25, -0.2) is 8.42 Å². The summed E-state index contributed by atoms with van der Waals surface area (Å²) in [5.41, 5.74) is -0.953. The van der Waals surface area contributed by atoms with Crippen LogP contribution in [-0.2, 0) is 19.4 Å². The standard InChI is InChI=1S/C15H20N2O4S/c1-15(2)14(19)16-9-10-17(15)13(18)8-11-22(20,21)12-6-4-3-5-7-12/h3-7H,8-11H2,1-2H3,(H,16,19). The molecule has 0 unspecified atom stereocenters. The van der Waals surface area contributed by atoms with Gasteiger partial charge in [0.1, 0.15) is 5.54 Å². The summed E-state index contributed by atoms with van der Waals surface area (Å²) in [6.45, 7) is 4.10. The van der Waals surface area contributed by atoms with Gasteiger partial charge in [0.2, 0.25) is 11.8 Å². The molecule has 0 saturated carbocycles. The van der Waals surface area contributed by atoms with E-state index in [4.69, 9.17) is 0 Å². The number of rotatable bonds is 4. The van der Waals surface area contributed by atoms with Crippen molar-refractivity contribution in [3.63, 3.8) is 0 Å². The monoisotopic (exact) mass is 324 g/mol. The molecule has 2 amide bonds. The van der Waals surface area contributed by atoms with Crippen LogP contribution in [0.4, 0.5) is 0 Å². The second-order valence-corrected chi connectivity index (χ2v) is 7.85. The number of nitrogens with one attached hydrogen (secondary N) is 1. The summed E-state index contributed by atoms with van der Waals surface area (Å²) in [6.07, 6.45) is -0.131. The summed E-state index contributed by atoms with van der Waals surface area (Å²) >= 11 is 0. The molecular weight excluding hydrogens is 304 g/mol. The summed E-state index contributed by atoms with van der Waals surface area (Å²) in [5, 5.41) is 2.70. The van der Waals surface area contributed by atoms with Gasteiger partial charge in [-0.2, -0.15) is 0 Å². The molecule has 0 bridgehead atoms. The summed E-state index contributed by atoms with van der Waals surface area (Å²) in [6, 6.07) is 8.05. The Bertz CT molecular complexity index is 668. The predicted molar refractivity (Wildman–Crippen MR) is 81.9 cm³/mol. The van der Waals surface area contributed by atoms with Crippen LogP contribution in [0.5, 0.6) is 0 Å². The van der Waals surface area contributed by atoms with Gasteiger partial charge in [0.05, 0.1) is 10.6 Å². The summed E-state index contributed by atoms with van der Waals surface area (Å²) in [4.78, 5) is 25.8. The minimum absolute atomic E-state index is 0.131. The summed E-state index contributed by atoms with van der Waals surface area (Å²) in [7, 11) is -3.49. The third-order valence-electron chi connectivity index (χ3n) is 3.84. The molecule has 120 valence electrons. The number of benzene rings is 1. The first-order valence-corrected chi connectivity index (χ1v) is 8.77. The maximum Gasteiger partial charge on any atom is 0.245 e. The summed E-state index contributed by atoms with van der Waals surface area (Å²) < 4.78 is 24.4. The number of hydrogen-bond donors (Lipinski definition) is 1. The molecule has 1 aromatic carbocycles. The molecule has 1 aromatic rings. The number of hydrogen-bond acceptors (Lipinski definition) is 4. The van der Waals surface area contributed by atoms with Crippen molar-refractivity contribution in [3.8, 4) is 0 Å². The minimum atomic E-state index is -3.49. The molecular formula is C15H20N2O4S. The average Bonchev–Trinajstić information content (AvgIpc) is 2.48. The van der Waals surface area contributed by atoms with Crippen molar-refractivity contribution in [2.45, 2.75) is 30.7 Å². The molecule has 0 atom stereocenters. The number of sulfone groups is 1. The molecule has 1 aliphatic rings. The van der Waals surface area contributed by atoms with Gasteiger partial charge in [0.25, 0.3) is 0 Å². The summed E-state index contributed by atoms with van der Waals surface area (Å²) in [5.74, 6) is -0.804. The van der Waals surface area contributed by atoms with Gasteiger partial charge in [-0.05, 0) is 26.0 Å². The van der Waals surface area contributed by atoms with Crippen LogP contribution >= 0.6 is 0 Å². The van der Waals surface area contributed by atoms with E-state index in [1.165, 1.54) is 17.0 Å². The zero-order valence-corrected chi connectivity index (χ0v) is 13.5. The van der Waals surface area contributed by atoms with Gasteiger partial charge in [-0.1, -0.05) is 18.2 Å². The van der Waals surface area contributed by atoms with Crippen LogP contribution < -0.4 is 5.32 Å². The Morgan fingerprint density at radius 1 is 1.27 bits per heavy atom. The third kappa shape index (κ3) is 3.30. The Morgan fingerprint density at radius 3 is 2.55 bits per heavy atom. The highest BCUT2D eigenvalue weighted by molar-refractivity contribution is 7.91. The van der Waals surface area contributed by atoms with E-state index in [0.29, 0.717) is 13.1 Å². The van der Waals surface area contributed by atoms with Crippen molar-refractivity contribution in [2.75, 3.05) is 18.8 Å². The molecule has 1 N–H and O–H groups in total. The van der Waals surface area contributed by atoms with Crippen molar-refractivity contribution in [1.82, 2.24) is 10.2 Å². The number of amides is 2. The minimum Gasteiger partial charge on any atom is -0.352 e. The smallest absolute Gasteiger partial charge is 0.245 e. The lowest BCUT2D eigenvalue weighted by atomic mass is 9.98. The molecule has 1 heterocycles. The van der Waals surface area contributed by atoms with Gasteiger partial charge in [0, 0.05) is 19.5 Å². The molecule has 0 aromatic heterocycles. The van der Waals surface area contributed by atoms with Crippen molar-refractivity contribution in [2.24, 2.45) is 0 Å². The predicted octanol–water partition coefficient (Wildman–Crippen LogP) is 0.587. The Kier molecular flexibility index (Phi) is 4.55. The SMILES string of the molecule is CC1(C)C(=O)NCCN1C(=O)CCS(=O)(=O)c1ccccc1. The molecule has 1 aliphatic heterocycles. The number of nitrogens with zero attached hydrogens (tertiary/aromatic N) is 1. The van der Waals surface area contributed by atoms with Crippen LogP contribution in [0.1, 0.15) is 20.3 Å². The highest BCUT2D eigenvalue weighted by Crippen LogP contribution is 2.20. The van der Waals surface area contributed by atoms with Crippen molar-refractivity contribution >= 4 is 21.7 Å². The van der Waals surface area contributed by atoms with Crippen molar-refractivity contribution in [3.05, 3.63) is 30.3 Å². The van der Waals surface area contributed by atoms with E-state index in [-0.39, 0.29) is 28.9 Å². The highest BCUT2D eigenvalue weighted by Gasteiger charge is 2.40. The van der Waals surface area contributed by atoms with E-state index < -0.39 is 15.4 Å². The second kappa shape index (κ2) is 6.08. The maximum atomic E-state index is 12.3. The lowest BCUT2D eigenvalue weighted by Crippen LogP contribution is -2.63. The fourth-order valence-electron chi connectivity index (χ4n) is 2.44. The Morgan fingerprint density at radius 2 is 1.91 bits per heavy atom. The molecule has 6 nitrogen and oxygen atoms in total. The van der Waals surface area contributed by atoms with Crippen LogP contribution in [0.2, 0.25) is 0 Å². The second-order valence-electron chi connectivity index (χ2n) is 5.74. The van der Waals surface area contributed by atoms with Gasteiger partial charge < -0.3 is 10.2 Å². The number of piperazine rings is 1. The number of carbonyl (C=O) groups is 2. The Balaban J connectivity index is 2.05. The molecule has 0 spiro atoms. The van der Waals surface area contributed by atoms with Gasteiger partial charge in [-0.3, -0.25) is 9.59 Å². The average molecular weight is 324 g/mol. The van der Waals surface area contributed by atoms with E-state index in [1.54, 1.807) is 32.0 Å². The van der Waals surface area contributed by atoms with E-state index in [2.05, 4.69) is 5.32 Å². The molecule has 1 fully saturated rings. The van der Waals surface area contributed by atoms with E-state index in [1.807, 2.05) is 0 Å². The van der Waals surface area contributed by atoms with E-state index in [0.717, 1.165) is 0 Å². The van der Waals surface area contributed by atoms with Crippen LogP contribution in [0, 0.1) is 0 Å². The van der Waals surface area contributed by atoms with E-state index >= 15 is 0 Å². The lowest BCUT2D eigenvalue weighted by Gasteiger charge is -2.41. The van der Waals surface area contributed by atoms with Crippen molar-refractivity contribution < 1.29 is 18.0 Å². The molecule has 0 aliphatic carbocycles. The first-order valence-electron chi connectivity index (χ1n) is 7.12. The fourth-order valence-corrected chi connectivity index (χ4v) is 3.69. The van der Waals surface area contributed by atoms with Crippen LogP contribution in [0.15, 0.2) is 35.2 Å².